The fraction of sp³-hybridized carbons (Fsp3) is 0.300. The van der Waals surface area contributed by atoms with E-state index in [2.05, 4.69) is 15.3 Å². The van der Waals surface area contributed by atoms with E-state index in [0.29, 0.717) is 31.0 Å². The van der Waals surface area contributed by atoms with E-state index in [1.807, 2.05) is 36.4 Å². The van der Waals surface area contributed by atoms with Crippen molar-refractivity contribution in [3.63, 3.8) is 0 Å². The first-order chi connectivity index (χ1) is 13.2. The molecule has 3 aromatic rings. The summed E-state index contributed by atoms with van der Waals surface area (Å²) in [6.45, 7) is 0.918. The summed E-state index contributed by atoms with van der Waals surface area (Å²) in [5.41, 5.74) is 2.40. The van der Waals surface area contributed by atoms with Gasteiger partial charge in [0, 0.05) is 37.9 Å². The fourth-order valence-corrected chi connectivity index (χ4v) is 3.28. The molecule has 1 N–H and O–H groups in total. The summed E-state index contributed by atoms with van der Waals surface area (Å²) < 4.78 is 5.69. The summed E-state index contributed by atoms with van der Waals surface area (Å²) >= 11 is 0. The molecular weight excluding hydrogens is 344 g/mol. The van der Waals surface area contributed by atoms with E-state index in [1.165, 1.54) is 0 Å². The zero-order valence-corrected chi connectivity index (χ0v) is 14.8. The highest BCUT2D eigenvalue weighted by Gasteiger charge is 2.26. The minimum atomic E-state index is -0.0838. The van der Waals surface area contributed by atoms with Crippen molar-refractivity contribution < 1.29 is 14.0 Å². The molecule has 1 aromatic carbocycles. The largest absolute Gasteiger partial charge is 0.440 e. The van der Waals surface area contributed by atoms with Gasteiger partial charge in [-0.15, -0.1) is 0 Å². The van der Waals surface area contributed by atoms with Crippen LogP contribution in [0.15, 0.2) is 53.2 Å². The first-order valence-electron chi connectivity index (χ1n) is 8.98. The Kier molecular flexibility index (Phi) is 4.82. The van der Waals surface area contributed by atoms with E-state index in [9.17, 15) is 9.59 Å². The third-order valence-electron chi connectivity index (χ3n) is 4.64. The monoisotopic (exact) mass is 364 g/mol. The number of carbonyl (C=O) groups is 2. The van der Waals surface area contributed by atoms with Crippen LogP contribution in [0, 0.1) is 0 Å². The van der Waals surface area contributed by atoms with Crippen LogP contribution >= 0.6 is 0 Å². The molecule has 0 aliphatic carbocycles. The van der Waals surface area contributed by atoms with Crippen LogP contribution in [0.3, 0.4) is 0 Å². The molecular formula is C20H20N4O3. The molecule has 0 radical (unpaired) electrons. The number of benzene rings is 1. The zero-order valence-electron chi connectivity index (χ0n) is 14.8. The maximum atomic E-state index is 13.0. The maximum Gasteiger partial charge on any atom is 0.232 e. The normalized spacial score (nSPS) is 16.4. The molecule has 1 aliphatic rings. The van der Waals surface area contributed by atoms with Crippen LogP contribution in [0.4, 0.5) is 0 Å². The summed E-state index contributed by atoms with van der Waals surface area (Å²) in [4.78, 5) is 34.6. The molecule has 0 spiro atoms. The van der Waals surface area contributed by atoms with Crippen LogP contribution in [-0.4, -0.2) is 39.3 Å². The van der Waals surface area contributed by atoms with E-state index in [0.717, 1.165) is 17.5 Å². The maximum absolute atomic E-state index is 13.0. The number of amides is 2. The van der Waals surface area contributed by atoms with Gasteiger partial charge in [-0.3, -0.25) is 14.6 Å². The number of para-hydroxylation sites is 2. The predicted octanol–water partition coefficient (Wildman–Crippen LogP) is 2.07. The molecule has 4 rings (SSSR count). The van der Waals surface area contributed by atoms with Crippen LogP contribution in [0.5, 0.6) is 0 Å². The van der Waals surface area contributed by atoms with E-state index in [1.54, 1.807) is 17.3 Å². The molecule has 0 bridgehead atoms. The number of fused-ring (bicyclic) bond motifs is 1. The smallest absolute Gasteiger partial charge is 0.232 e. The lowest BCUT2D eigenvalue weighted by Gasteiger charge is -2.25. The standard InChI is InChI=1S/C20H20N4O3/c25-18-6-5-15(22-18)13-24(12-14-7-9-21-10-8-14)20(26)11-19-23-16-3-1-2-4-17(16)27-19/h1-4,7-10,15H,5-6,11-13H2,(H,22,25)/t15-/m0/s1. The van der Waals surface area contributed by atoms with Crippen molar-refractivity contribution in [2.75, 3.05) is 6.54 Å². The first kappa shape index (κ1) is 17.2. The Bertz CT molecular complexity index is 921. The van der Waals surface area contributed by atoms with E-state index >= 15 is 0 Å². The molecule has 0 unspecified atom stereocenters. The Balaban J connectivity index is 1.50. The van der Waals surface area contributed by atoms with Crippen molar-refractivity contribution in [3.05, 3.63) is 60.2 Å². The van der Waals surface area contributed by atoms with Gasteiger partial charge in [-0.2, -0.15) is 0 Å². The van der Waals surface area contributed by atoms with E-state index in [-0.39, 0.29) is 24.3 Å². The van der Waals surface area contributed by atoms with Gasteiger partial charge < -0.3 is 14.6 Å². The highest BCUT2D eigenvalue weighted by Crippen LogP contribution is 2.17. The molecule has 1 saturated heterocycles. The topological polar surface area (TPSA) is 88.3 Å². The van der Waals surface area contributed by atoms with Crippen molar-refractivity contribution in [3.8, 4) is 0 Å². The average molecular weight is 364 g/mol. The molecule has 138 valence electrons. The lowest BCUT2D eigenvalue weighted by molar-refractivity contribution is -0.132. The van der Waals surface area contributed by atoms with E-state index < -0.39 is 0 Å². The summed E-state index contributed by atoms with van der Waals surface area (Å²) in [6, 6.07) is 11.2. The zero-order chi connectivity index (χ0) is 18.6. The summed E-state index contributed by atoms with van der Waals surface area (Å²) in [5.74, 6) is 0.353. The third-order valence-corrected chi connectivity index (χ3v) is 4.64. The van der Waals surface area contributed by atoms with Gasteiger partial charge in [-0.1, -0.05) is 12.1 Å². The second-order valence-electron chi connectivity index (χ2n) is 6.68. The molecule has 1 aliphatic heterocycles. The Morgan fingerprint density at radius 2 is 2.04 bits per heavy atom. The van der Waals surface area contributed by atoms with Gasteiger partial charge >= 0.3 is 0 Å². The molecule has 1 atom stereocenters. The van der Waals surface area contributed by atoms with Gasteiger partial charge in [0.2, 0.25) is 17.7 Å². The quantitative estimate of drug-likeness (QED) is 0.723. The molecule has 2 aromatic heterocycles. The third kappa shape index (κ3) is 4.13. The molecule has 3 heterocycles. The van der Waals surface area contributed by atoms with Gasteiger partial charge in [0.15, 0.2) is 5.58 Å². The SMILES string of the molecule is O=C1CC[C@@H](CN(Cc2ccncc2)C(=O)Cc2nc3ccccc3o2)N1. The summed E-state index contributed by atoms with van der Waals surface area (Å²) in [7, 11) is 0. The van der Waals surface area contributed by atoms with Crippen LogP contribution < -0.4 is 5.32 Å². The van der Waals surface area contributed by atoms with Crippen molar-refractivity contribution in [2.45, 2.75) is 31.8 Å². The highest BCUT2D eigenvalue weighted by atomic mass is 16.3. The van der Waals surface area contributed by atoms with Crippen molar-refractivity contribution in [2.24, 2.45) is 0 Å². The lowest BCUT2D eigenvalue weighted by Crippen LogP contribution is -2.42. The number of hydrogen-bond donors (Lipinski definition) is 1. The molecule has 2 amide bonds. The van der Waals surface area contributed by atoms with Gasteiger partial charge in [0.25, 0.3) is 0 Å². The number of nitrogens with one attached hydrogen (secondary N) is 1. The van der Waals surface area contributed by atoms with Crippen molar-refractivity contribution in [1.29, 1.82) is 0 Å². The Hall–Kier alpha value is -3.22. The van der Waals surface area contributed by atoms with Gasteiger partial charge in [0.1, 0.15) is 11.9 Å². The van der Waals surface area contributed by atoms with Gasteiger partial charge in [-0.05, 0) is 36.2 Å². The first-order valence-corrected chi connectivity index (χ1v) is 8.98. The molecule has 1 fully saturated rings. The Morgan fingerprint density at radius 3 is 2.78 bits per heavy atom. The number of rotatable bonds is 6. The summed E-state index contributed by atoms with van der Waals surface area (Å²) in [5, 5.41) is 2.93. The Labute approximate surface area is 156 Å². The minimum absolute atomic E-state index is 0.0214. The lowest BCUT2D eigenvalue weighted by atomic mass is 10.1. The number of pyridine rings is 1. The fourth-order valence-electron chi connectivity index (χ4n) is 3.28. The Morgan fingerprint density at radius 1 is 1.22 bits per heavy atom. The highest BCUT2D eigenvalue weighted by molar-refractivity contribution is 5.80. The summed E-state index contributed by atoms with van der Waals surface area (Å²) in [6.07, 6.45) is 4.74. The molecule has 7 heteroatoms. The number of aromatic nitrogens is 2. The number of oxazole rings is 1. The van der Waals surface area contributed by atoms with Crippen molar-refractivity contribution >= 4 is 22.9 Å². The average Bonchev–Trinajstić information content (AvgIpc) is 3.27. The van der Waals surface area contributed by atoms with Crippen LogP contribution in [0.1, 0.15) is 24.3 Å². The van der Waals surface area contributed by atoms with Crippen molar-refractivity contribution in [1.82, 2.24) is 20.2 Å². The van der Waals surface area contributed by atoms with Gasteiger partial charge in [0.05, 0.1) is 0 Å². The van der Waals surface area contributed by atoms with Crippen LogP contribution in [0.25, 0.3) is 11.1 Å². The second kappa shape index (κ2) is 7.57. The van der Waals surface area contributed by atoms with Gasteiger partial charge in [-0.25, -0.2) is 4.98 Å². The predicted molar refractivity (Wildman–Crippen MR) is 98.5 cm³/mol. The number of carbonyl (C=O) groups excluding carboxylic acids is 2. The molecule has 27 heavy (non-hydrogen) atoms. The van der Waals surface area contributed by atoms with Crippen LogP contribution in [-0.2, 0) is 22.6 Å². The number of hydrogen-bond acceptors (Lipinski definition) is 5. The second-order valence-corrected chi connectivity index (χ2v) is 6.68. The molecule has 0 saturated carbocycles. The van der Waals surface area contributed by atoms with Crippen LogP contribution in [0.2, 0.25) is 0 Å². The minimum Gasteiger partial charge on any atom is -0.440 e. The molecule has 7 nitrogen and oxygen atoms in total. The number of nitrogens with zero attached hydrogens (tertiary/aromatic N) is 3. The van der Waals surface area contributed by atoms with E-state index in [4.69, 9.17) is 4.42 Å².